The van der Waals surface area contributed by atoms with Crippen molar-refractivity contribution in [2.75, 3.05) is 0 Å². The predicted octanol–water partition coefficient (Wildman–Crippen LogP) is 7.09. The van der Waals surface area contributed by atoms with E-state index in [1.54, 1.807) is 52.0 Å². The van der Waals surface area contributed by atoms with E-state index in [0.717, 1.165) is 10.6 Å². The van der Waals surface area contributed by atoms with Gasteiger partial charge in [-0.15, -0.1) is 0 Å². The molecular formula is C27H25Cl2F2NO4. The van der Waals surface area contributed by atoms with Gasteiger partial charge >= 0.3 is 5.97 Å². The summed E-state index contributed by atoms with van der Waals surface area (Å²) in [7, 11) is 0. The number of nitrogens with zero attached hydrogens (tertiary/aromatic N) is 1. The molecule has 3 aromatic rings. The maximum absolute atomic E-state index is 13.5. The lowest BCUT2D eigenvalue weighted by atomic mass is 10.00. The van der Waals surface area contributed by atoms with Crippen LogP contribution in [0.5, 0.6) is 0 Å². The fraction of sp³-hybridized carbons (Fsp3) is 0.296. The highest BCUT2D eigenvalue weighted by molar-refractivity contribution is 6.33. The average molecular weight is 536 g/mol. The van der Waals surface area contributed by atoms with Crippen molar-refractivity contribution in [1.82, 2.24) is 4.57 Å². The largest absolute Gasteiger partial charge is 0.456 e. The molecule has 0 amide bonds. The summed E-state index contributed by atoms with van der Waals surface area (Å²) < 4.78 is 33.5. The first-order chi connectivity index (χ1) is 16.8. The first-order valence-electron chi connectivity index (χ1n) is 11.1. The fourth-order valence-electron chi connectivity index (χ4n) is 3.58. The summed E-state index contributed by atoms with van der Waals surface area (Å²) in [4.78, 5) is 37.9. The van der Waals surface area contributed by atoms with E-state index in [9.17, 15) is 23.2 Å². The van der Waals surface area contributed by atoms with Gasteiger partial charge in [0.05, 0.1) is 16.6 Å². The lowest BCUT2D eigenvalue weighted by Gasteiger charge is -2.19. The summed E-state index contributed by atoms with van der Waals surface area (Å²) in [5, 5.41) is 0.246. The van der Waals surface area contributed by atoms with Crippen molar-refractivity contribution in [3.63, 3.8) is 0 Å². The molecule has 0 spiro atoms. The fourth-order valence-corrected chi connectivity index (χ4v) is 4.02. The quantitative estimate of drug-likeness (QED) is 0.303. The van der Waals surface area contributed by atoms with Crippen molar-refractivity contribution in [2.45, 2.75) is 52.2 Å². The Morgan fingerprint density at radius 1 is 1.00 bits per heavy atom. The third kappa shape index (κ3) is 6.59. The summed E-state index contributed by atoms with van der Waals surface area (Å²) in [5.41, 5.74) is -0.344. The average Bonchev–Trinajstić information content (AvgIpc) is 2.78. The van der Waals surface area contributed by atoms with Crippen LogP contribution in [0.25, 0.3) is 11.1 Å². The molecule has 0 aliphatic heterocycles. The molecule has 0 aliphatic carbocycles. The Morgan fingerprint density at radius 2 is 1.64 bits per heavy atom. The van der Waals surface area contributed by atoms with Gasteiger partial charge in [-0.1, -0.05) is 41.4 Å². The number of rotatable bonds is 7. The summed E-state index contributed by atoms with van der Waals surface area (Å²) >= 11 is 12.3. The molecule has 36 heavy (non-hydrogen) atoms. The minimum absolute atomic E-state index is 0.00536. The lowest BCUT2D eigenvalue weighted by molar-refractivity contribution is -0.121. The molecule has 3 rings (SSSR count). The Balaban J connectivity index is 1.82. The molecule has 0 saturated carbocycles. The van der Waals surface area contributed by atoms with Crippen LogP contribution in [-0.4, -0.2) is 21.9 Å². The Hall–Kier alpha value is -3.03. The van der Waals surface area contributed by atoms with Crippen LogP contribution in [0.4, 0.5) is 8.78 Å². The number of benzene rings is 2. The van der Waals surface area contributed by atoms with Gasteiger partial charge in [0.15, 0.2) is 5.78 Å². The van der Waals surface area contributed by atoms with Crippen LogP contribution < -0.4 is 5.56 Å². The van der Waals surface area contributed by atoms with E-state index in [4.69, 9.17) is 27.9 Å². The van der Waals surface area contributed by atoms with Crippen LogP contribution >= 0.6 is 23.2 Å². The molecule has 0 bridgehead atoms. The Bertz CT molecular complexity index is 1350. The summed E-state index contributed by atoms with van der Waals surface area (Å²) in [5.74, 6) is -0.744. The van der Waals surface area contributed by atoms with Crippen LogP contribution in [0.15, 0.2) is 59.5 Å². The number of esters is 1. The molecule has 190 valence electrons. The lowest BCUT2D eigenvalue weighted by Crippen LogP contribution is -2.28. The predicted molar refractivity (Wildman–Crippen MR) is 136 cm³/mol. The molecule has 1 heterocycles. The molecule has 1 unspecified atom stereocenters. The smallest absolute Gasteiger partial charge is 0.338 e. The third-order valence-corrected chi connectivity index (χ3v) is 5.96. The van der Waals surface area contributed by atoms with Crippen LogP contribution in [0.3, 0.4) is 0 Å². The summed E-state index contributed by atoms with van der Waals surface area (Å²) in [6, 6.07) is 10.5. The first kappa shape index (κ1) is 27.6. The van der Waals surface area contributed by atoms with Gasteiger partial charge in [0.25, 0.3) is 12.0 Å². The molecule has 0 saturated heterocycles. The SMILES string of the molecule is CC(C(=O)Cc1ccc(C(=O)OC(C)(C)C)cc1)n1cc(Cl)c(-c2cc(Cl)ccc2C(F)F)cc1=O. The number of pyridine rings is 1. The molecule has 0 aliphatic rings. The minimum Gasteiger partial charge on any atom is -0.456 e. The van der Waals surface area contributed by atoms with Crippen molar-refractivity contribution in [2.24, 2.45) is 0 Å². The summed E-state index contributed by atoms with van der Waals surface area (Å²) in [6.07, 6.45) is -1.52. The number of alkyl halides is 2. The third-order valence-electron chi connectivity index (χ3n) is 5.42. The van der Waals surface area contributed by atoms with E-state index in [-0.39, 0.29) is 38.9 Å². The maximum atomic E-state index is 13.5. The van der Waals surface area contributed by atoms with Gasteiger partial charge < -0.3 is 9.30 Å². The standard InChI is InChI=1S/C27H25Cl2F2NO4/c1-15(23(33)11-16-5-7-17(8-6-16)26(35)36-27(2,3)4)32-14-22(29)21(13-24(32)34)20-12-18(28)9-10-19(20)25(30)31/h5-10,12-15,25H,11H2,1-4H3. The van der Waals surface area contributed by atoms with E-state index in [1.807, 2.05) is 0 Å². The second-order valence-corrected chi connectivity index (χ2v) is 10.2. The van der Waals surface area contributed by atoms with E-state index in [0.29, 0.717) is 11.1 Å². The van der Waals surface area contributed by atoms with Gasteiger partial charge in [-0.2, -0.15) is 0 Å². The number of hydrogen-bond donors (Lipinski definition) is 0. The zero-order chi connectivity index (χ0) is 26.8. The molecule has 0 N–H and O–H groups in total. The Kier molecular flexibility index (Phi) is 8.37. The second kappa shape index (κ2) is 10.9. The minimum atomic E-state index is -2.79. The van der Waals surface area contributed by atoms with Gasteiger partial charge in [-0.05, 0) is 63.1 Å². The number of carbonyl (C=O) groups excluding carboxylic acids is 2. The maximum Gasteiger partial charge on any atom is 0.338 e. The molecular weight excluding hydrogens is 511 g/mol. The molecule has 5 nitrogen and oxygen atoms in total. The zero-order valence-corrected chi connectivity index (χ0v) is 21.7. The van der Waals surface area contributed by atoms with Gasteiger partial charge in [0.1, 0.15) is 5.60 Å². The Labute approximate surface area is 217 Å². The number of halogens is 4. The normalized spacial score (nSPS) is 12.5. The van der Waals surface area contributed by atoms with E-state index >= 15 is 0 Å². The van der Waals surface area contributed by atoms with E-state index in [1.165, 1.54) is 24.4 Å². The van der Waals surface area contributed by atoms with Gasteiger partial charge in [-0.3, -0.25) is 9.59 Å². The highest BCUT2D eigenvalue weighted by Gasteiger charge is 2.22. The van der Waals surface area contributed by atoms with Crippen molar-refractivity contribution >= 4 is 35.0 Å². The monoisotopic (exact) mass is 535 g/mol. The first-order valence-corrected chi connectivity index (χ1v) is 11.9. The molecule has 0 radical (unpaired) electrons. The van der Waals surface area contributed by atoms with Gasteiger partial charge in [0.2, 0.25) is 0 Å². The van der Waals surface area contributed by atoms with Gasteiger partial charge in [0, 0.05) is 34.8 Å². The number of carbonyl (C=O) groups is 2. The van der Waals surface area contributed by atoms with Crippen LogP contribution in [0.1, 0.15) is 61.6 Å². The molecule has 1 atom stereocenters. The highest BCUT2D eigenvalue weighted by Crippen LogP contribution is 2.36. The van der Waals surface area contributed by atoms with Crippen LogP contribution in [-0.2, 0) is 16.0 Å². The van der Waals surface area contributed by atoms with E-state index in [2.05, 4.69) is 0 Å². The van der Waals surface area contributed by atoms with Crippen LogP contribution in [0, 0.1) is 0 Å². The number of ether oxygens (including phenoxy) is 1. The zero-order valence-electron chi connectivity index (χ0n) is 20.2. The number of aromatic nitrogens is 1. The van der Waals surface area contributed by atoms with E-state index < -0.39 is 29.6 Å². The van der Waals surface area contributed by atoms with Crippen molar-refractivity contribution in [1.29, 1.82) is 0 Å². The molecule has 1 aromatic heterocycles. The number of Topliss-reactive ketones (excluding diaryl/α,β-unsaturated/α-hetero) is 1. The van der Waals surface area contributed by atoms with Crippen molar-refractivity contribution in [3.05, 3.63) is 91.8 Å². The molecule has 0 fully saturated rings. The van der Waals surface area contributed by atoms with Crippen molar-refractivity contribution < 1.29 is 23.1 Å². The van der Waals surface area contributed by atoms with Crippen molar-refractivity contribution in [3.8, 4) is 11.1 Å². The molecule has 9 heteroatoms. The van der Waals surface area contributed by atoms with Crippen LogP contribution in [0.2, 0.25) is 10.0 Å². The number of ketones is 1. The number of hydrogen-bond acceptors (Lipinski definition) is 4. The highest BCUT2D eigenvalue weighted by atomic mass is 35.5. The second-order valence-electron chi connectivity index (χ2n) is 9.33. The summed E-state index contributed by atoms with van der Waals surface area (Å²) in [6.45, 7) is 6.87. The molecule has 2 aromatic carbocycles. The Morgan fingerprint density at radius 3 is 2.22 bits per heavy atom. The van der Waals surface area contributed by atoms with Gasteiger partial charge in [-0.25, -0.2) is 13.6 Å². The topological polar surface area (TPSA) is 65.4 Å².